The van der Waals surface area contributed by atoms with Gasteiger partial charge < -0.3 is 19.7 Å². The maximum Gasteiger partial charge on any atom is 0.336 e. The molecule has 2 aliphatic carbocycles. The van der Waals surface area contributed by atoms with Crippen molar-refractivity contribution in [3.8, 4) is 5.75 Å². The summed E-state index contributed by atoms with van der Waals surface area (Å²) in [4.78, 5) is 24.9. The van der Waals surface area contributed by atoms with Gasteiger partial charge in [-0.2, -0.15) is 0 Å². The molecule has 160 valence electrons. The van der Waals surface area contributed by atoms with Crippen LogP contribution in [-0.4, -0.2) is 34.5 Å². The van der Waals surface area contributed by atoms with Gasteiger partial charge in [0.15, 0.2) is 0 Å². The number of hydrogen-bond donors (Lipinski definition) is 2. The van der Waals surface area contributed by atoms with Crippen molar-refractivity contribution in [1.82, 2.24) is 0 Å². The molecule has 2 fully saturated rings. The number of carbonyl (C=O) groups is 2. The highest BCUT2D eigenvalue weighted by Crippen LogP contribution is 2.62. The van der Waals surface area contributed by atoms with Crippen LogP contribution < -0.4 is 0 Å². The summed E-state index contributed by atoms with van der Waals surface area (Å²) in [6, 6.07) is 6.51. The molecule has 0 radical (unpaired) electrons. The van der Waals surface area contributed by atoms with Crippen LogP contribution in [0.3, 0.4) is 0 Å². The first kappa shape index (κ1) is 20.7. The first-order valence-electron chi connectivity index (χ1n) is 10.4. The maximum atomic E-state index is 12.6. The van der Waals surface area contributed by atoms with Gasteiger partial charge >= 0.3 is 11.9 Å². The summed E-state index contributed by atoms with van der Waals surface area (Å²) < 4.78 is 11.0. The SMILES string of the molecule is CC1(C)CC[C@@H](OC(=O)/C=C/c2ccc(O)cc2)[C@]2(C)[C@@H]3C(=CC[C@@H]12)C(=O)O[C@H]3O. The van der Waals surface area contributed by atoms with Crippen LogP contribution in [0.2, 0.25) is 0 Å². The van der Waals surface area contributed by atoms with Crippen molar-refractivity contribution < 1.29 is 29.3 Å². The second-order valence-electron chi connectivity index (χ2n) is 9.46. The Labute approximate surface area is 176 Å². The highest BCUT2D eigenvalue weighted by Gasteiger charge is 2.63. The van der Waals surface area contributed by atoms with E-state index in [1.165, 1.54) is 6.08 Å². The van der Waals surface area contributed by atoms with E-state index < -0.39 is 35.7 Å². The number of carbonyl (C=O) groups excluding carboxylic acids is 2. The van der Waals surface area contributed by atoms with Crippen LogP contribution in [0.5, 0.6) is 5.75 Å². The summed E-state index contributed by atoms with van der Waals surface area (Å²) >= 11 is 0. The van der Waals surface area contributed by atoms with Crippen LogP contribution in [-0.2, 0) is 19.1 Å². The van der Waals surface area contributed by atoms with E-state index in [0.29, 0.717) is 18.4 Å². The molecule has 1 saturated carbocycles. The molecule has 6 nitrogen and oxygen atoms in total. The van der Waals surface area contributed by atoms with Crippen LogP contribution in [0.25, 0.3) is 6.08 Å². The van der Waals surface area contributed by atoms with Gasteiger partial charge in [0.05, 0.1) is 5.92 Å². The number of phenolic OH excluding ortho intramolecular Hbond substituents is 1. The van der Waals surface area contributed by atoms with Crippen LogP contribution in [0.4, 0.5) is 0 Å². The molecule has 0 amide bonds. The predicted octanol–water partition coefficient (Wildman–Crippen LogP) is 3.58. The third-order valence-electron chi connectivity index (χ3n) is 7.33. The maximum absolute atomic E-state index is 12.6. The van der Waals surface area contributed by atoms with E-state index in [9.17, 15) is 19.8 Å². The quantitative estimate of drug-likeness (QED) is 0.582. The van der Waals surface area contributed by atoms with E-state index in [2.05, 4.69) is 13.8 Å². The van der Waals surface area contributed by atoms with Crippen molar-refractivity contribution in [2.75, 3.05) is 0 Å². The minimum absolute atomic E-state index is 0.0209. The molecule has 6 heteroatoms. The summed E-state index contributed by atoms with van der Waals surface area (Å²) in [6.45, 7) is 6.41. The standard InChI is InChI=1S/C24H28O6/c1-23(2)13-12-18(29-19(26)11-6-14-4-7-15(25)8-5-14)24(3)17(23)10-9-16-20(24)22(28)30-21(16)27/h4-9,11,17-18,20,22,25,28H,10,12-13H2,1-3H3/b11-6+/t17-,18+,20+,22+,24+/m0/s1. The van der Waals surface area contributed by atoms with E-state index in [1.807, 2.05) is 13.0 Å². The zero-order valence-corrected chi connectivity index (χ0v) is 17.5. The summed E-state index contributed by atoms with van der Waals surface area (Å²) in [5.74, 6) is -1.17. The van der Waals surface area contributed by atoms with E-state index in [1.54, 1.807) is 30.3 Å². The summed E-state index contributed by atoms with van der Waals surface area (Å²) in [7, 11) is 0. The molecule has 0 spiro atoms. The van der Waals surface area contributed by atoms with Crippen molar-refractivity contribution in [2.45, 2.75) is 52.4 Å². The summed E-state index contributed by atoms with van der Waals surface area (Å²) in [5, 5.41) is 19.9. The number of phenols is 1. The Morgan fingerprint density at radius 1 is 1.23 bits per heavy atom. The molecule has 4 rings (SSSR count). The van der Waals surface area contributed by atoms with Gasteiger partial charge in [-0.15, -0.1) is 0 Å². The van der Waals surface area contributed by atoms with Crippen LogP contribution in [0.1, 0.15) is 45.6 Å². The van der Waals surface area contributed by atoms with Gasteiger partial charge in [-0.05, 0) is 54.4 Å². The van der Waals surface area contributed by atoms with Gasteiger partial charge in [0.1, 0.15) is 11.9 Å². The Balaban J connectivity index is 1.60. The molecule has 1 saturated heterocycles. The lowest BCUT2D eigenvalue weighted by atomic mass is 9.47. The van der Waals surface area contributed by atoms with Gasteiger partial charge in [-0.3, -0.25) is 0 Å². The number of esters is 2. The Kier molecular flexibility index (Phi) is 5.01. The third kappa shape index (κ3) is 3.33. The zero-order chi connectivity index (χ0) is 21.7. The Morgan fingerprint density at radius 2 is 1.93 bits per heavy atom. The number of cyclic esters (lactones) is 1. The third-order valence-corrected chi connectivity index (χ3v) is 7.33. The predicted molar refractivity (Wildman–Crippen MR) is 110 cm³/mol. The van der Waals surface area contributed by atoms with Gasteiger partial charge in [0.25, 0.3) is 0 Å². The van der Waals surface area contributed by atoms with E-state index >= 15 is 0 Å². The smallest absolute Gasteiger partial charge is 0.336 e. The minimum Gasteiger partial charge on any atom is -0.508 e. The van der Waals surface area contributed by atoms with Crippen molar-refractivity contribution in [2.24, 2.45) is 22.7 Å². The van der Waals surface area contributed by atoms with Gasteiger partial charge in [0.2, 0.25) is 6.29 Å². The topological polar surface area (TPSA) is 93.1 Å². The lowest BCUT2D eigenvalue weighted by Gasteiger charge is -2.58. The Bertz CT molecular complexity index is 912. The van der Waals surface area contributed by atoms with E-state index in [0.717, 1.165) is 12.0 Å². The highest BCUT2D eigenvalue weighted by molar-refractivity contribution is 5.92. The molecule has 3 aliphatic rings. The van der Waals surface area contributed by atoms with Crippen molar-refractivity contribution in [3.05, 3.63) is 47.6 Å². The Hall–Kier alpha value is -2.60. The first-order chi connectivity index (χ1) is 14.1. The number of hydrogen-bond acceptors (Lipinski definition) is 6. The molecule has 30 heavy (non-hydrogen) atoms. The molecule has 2 N–H and O–H groups in total. The number of benzene rings is 1. The largest absolute Gasteiger partial charge is 0.508 e. The average molecular weight is 412 g/mol. The lowest BCUT2D eigenvalue weighted by Crippen LogP contribution is -2.58. The second-order valence-corrected chi connectivity index (χ2v) is 9.46. The molecule has 5 atom stereocenters. The molecular weight excluding hydrogens is 384 g/mol. The van der Waals surface area contributed by atoms with Crippen molar-refractivity contribution >= 4 is 18.0 Å². The van der Waals surface area contributed by atoms with Gasteiger partial charge in [-0.25, -0.2) is 9.59 Å². The van der Waals surface area contributed by atoms with E-state index in [4.69, 9.17) is 9.47 Å². The second kappa shape index (κ2) is 7.27. The lowest BCUT2D eigenvalue weighted by molar-refractivity contribution is -0.198. The molecule has 1 aromatic rings. The number of fused-ring (bicyclic) bond motifs is 3. The van der Waals surface area contributed by atoms with Crippen molar-refractivity contribution in [1.29, 1.82) is 0 Å². The number of rotatable bonds is 3. The van der Waals surface area contributed by atoms with Gasteiger partial charge in [-0.1, -0.05) is 39.0 Å². The molecular formula is C24H28O6. The summed E-state index contributed by atoms with van der Waals surface area (Å²) in [6.07, 6.45) is 5.47. The normalized spacial score (nSPS) is 34.7. The highest BCUT2D eigenvalue weighted by atomic mass is 16.6. The fraction of sp³-hybridized carbons (Fsp3) is 0.500. The molecule has 1 heterocycles. The van der Waals surface area contributed by atoms with Gasteiger partial charge in [0, 0.05) is 17.1 Å². The number of aliphatic hydroxyl groups excluding tert-OH is 1. The molecule has 1 aliphatic heterocycles. The molecule has 0 bridgehead atoms. The minimum atomic E-state index is -1.22. The van der Waals surface area contributed by atoms with E-state index in [-0.39, 0.29) is 17.1 Å². The first-order valence-corrected chi connectivity index (χ1v) is 10.4. The molecule has 0 aromatic heterocycles. The summed E-state index contributed by atoms with van der Waals surface area (Å²) in [5.41, 5.74) is 0.637. The number of allylic oxidation sites excluding steroid dienone is 1. The fourth-order valence-electron chi connectivity index (χ4n) is 5.78. The molecule has 1 aromatic carbocycles. The monoisotopic (exact) mass is 412 g/mol. The fourth-order valence-corrected chi connectivity index (χ4v) is 5.78. The van der Waals surface area contributed by atoms with Crippen LogP contribution in [0, 0.1) is 22.7 Å². The Morgan fingerprint density at radius 3 is 2.63 bits per heavy atom. The average Bonchev–Trinajstić information content (AvgIpc) is 2.98. The number of aromatic hydroxyl groups is 1. The number of ether oxygens (including phenoxy) is 2. The van der Waals surface area contributed by atoms with Crippen LogP contribution >= 0.6 is 0 Å². The molecule has 0 unspecified atom stereocenters. The number of aliphatic hydroxyl groups is 1. The zero-order valence-electron chi connectivity index (χ0n) is 17.5. The van der Waals surface area contributed by atoms with Crippen LogP contribution in [0.15, 0.2) is 42.0 Å². The van der Waals surface area contributed by atoms with Crippen molar-refractivity contribution in [3.63, 3.8) is 0 Å².